The quantitative estimate of drug-likeness (QED) is 0.881. The number of aromatic hydroxyl groups is 1. The van der Waals surface area contributed by atoms with Gasteiger partial charge in [-0.15, -0.1) is 0 Å². The third kappa shape index (κ3) is 3.95. The minimum atomic E-state index is -0.628. The van der Waals surface area contributed by atoms with Gasteiger partial charge in [-0.25, -0.2) is 0 Å². The van der Waals surface area contributed by atoms with Crippen molar-refractivity contribution in [2.75, 3.05) is 13.1 Å². The molecule has 1 unspecified atom stereocenters. The minimum absolute atomic E-state index is 0.276. The summed E-state index contributed by atoms with van der Waals surface area (Å²) < 4.78 is 0. The van der Waals surface area contributed by atoms with Crippen molar-refractivity contribution in [3.8, 4) is 5.75 Å². The van der Waals surface area contributed by atoms with Crippen molar-refractivity contribution in [1.29, 1.82) is 0 Å². The highest BCUT2D eigenvalue weighted by Gasteiger charge is 2.30. The van der Waals surface area contributed by atoms with Gasteiger partial charge in [0.05, 0.1) is 5.60 Å². The van der Waals surface area contributed by atoms with Crippen LogP contribution in [0.3, 0.4) is 0 Å². The monoisotopic (exact) mass is 263 g/mol. The SMILES string of the molecule is CC(C)N1CCCC(O)(Cc2cccc(O)c2)CC1. The molecule has 106 valence electrons. The summed E-state index contributed by atoms with van der Waals surface area (Å²) in [5.41, 5.74) is 0.387. The fraction of sp³-hybridized carbons (Fsp3) is 0.625. The second-order valence-electron chi connectivity index (χ2n) is 6.05. The summed E-state index contributed by atoms with van der Waals surface area (Å²) in [5, 5.41) is 20.3. The molecule has 0 bridgehead atoms. The number of rotatable bonds is 3. The van der Waals surface area contributed by atoms with Crippen LogP contribution < -0.4 is 0 Å². The first kappa shape index (κ1) is 14.4. The number of nitrogens with zero attached hydrogens (tertiary/aromatic N) is 1. The number of likely N-dealkylation sites (tertiary alicyclic amines) is 1. The second-order valence-corrected chi connectivity index (χ2v) is 6.05. The van der Waals surface area contributed by atoms with Crippen molar-refractivity contribution in [2.45, 2.75) is 51.2 Å². The molecule has 0 spiro atoms. The highest BCUT2D eigenvalue weighted by molar-refractivity contribution is 5.28. The zero-order valence-electron chi connectivity index (χ0n) is 12.0. The Bertz CT molecular complexity index is 419. The van der Waals surface area contributed by atoms with Gasteiger partial charge in [-0.05, 0) is 57.4 Å². The lowest BCUT2D eigenvalue weighted by Crippen LogP contribution is -2.35. The molecule has 3 nitrogen and oxygen atoms in total. The molecule has 0 radical (unpaired) electrons. The van der Waals surface area contributed by atoms with Gasteiger partial charge in [-0.3, -0.25) is 0 Å². The number of phenols is 1. The van der Waals surface area contributed by atoms with Gasteiger partial charge in [0.15, 0.2) is 0 Å². The predicted molar refractivity (Wildman–Crippen MR) is 77.3 cm³/mol. The zero-order valence-corrected chi connectivity index (χ0v) is 12.0. The minimum Gasteiger partial charge on any atom is -0.508 e. The molecule has 1 atom stereocenters. The van der Waals surface area contributed by atoms with Crippen LogP contribution >= 0.6 is 0 Å². The van der Waals surface area contributed by atoms with Gasteiger partial charge in [0.1, 0.15) is 5.75 Å². The number of phenolic OH excluding ortho intramolecular Hbond substituents is 1. The van der Waals surface area contributed by atoms with Crippen LogP contribution in [0, 0.1) is 0 Å². The number of aliphatic hydroxyl groups is 1. The molecule has 1 heterocycles. The van der Waals surface area contributed by atoms with Crippen LogP contribution in [-0.4, -0.2) is 39.8 Å². The molecule has 0 saturated carbocycles. The van der Waals surface area contributed by atoms with Crippen molar-refractivity contribution in [1.82, 2.24) is 4.90 Å². The molecule has 2 N–H and O–H groups in total. The van der Waals surface area contributed by atoms with E-state index in [-0.39, 0.29) is 5.75 Å². The maximum atomic E-state index is 10.8. The van der Waals surface area contributed by atoms with Gasteiger partial charge in [-0.1, -0.05) is 12.1 Å². The molecule has 1 fully saturated rings. The van der Waals surface area contributed by atoms with Gasteiger partial charge in [0.25, 0.3) is 0 Å². The Morgan fingerprint density at radius 2 is 2.05 bits per heavy atom. The van der Waals surface area contributed by atoms with Crippen molar-refractivity contribution in [3.05, 3.63) is 29.8 Å². The van der Waals surface area contributed by atoms with Crippen molar-refractivity contribution >= 4 is 0 Å². The van der Waals surface area contributed by atoms with Crippen molar-refractivity contribution in [2.24, 2.45) is 0 Å². The fourth-order valence-corrected chi connectivity index (χ4v) is 2.94. The van der Waals surface area contributed by atoms with E-state index in [1.54, 1.807) is 12.1 Å². The molecule has 0 aromatic heterocycles. The smallest absolute Gasteiger partial charge is 0.115 e. The molecule has 19 heavy (non-hydrogen) atoms. The summed E-state index contributed by atoms with van der Waals surface area (Å²) in [5.74, 6) is 0.276. The van der Waals surface area contributed by atoms with E-state index in [1.807, 2.05) is 12.1 Å². The van der Waals surface area contributed by atoms with E-state index in [4.69, 9.17) is 0 Å². The Labute approximate surface area is 115 Å². The Morgan fingerprint density at radius 3 is 2.74 bits per heavy atom. The van der Waals surface area contributed by atoms with Gasteiger partial charge in [0.2, 0.25) is 0 Å². The summed E-state index contributed by atoms with van der Waals surface area (Å²) in [4.78, 5) is 2.43. The highest BCUT2D eigenvalue weighted by Crippen LogP contribution is 2.28. The van der Waals surface area contributed by atoms with Crippen molar-refractivity contribution in [3.63, 3.8) is 0 Å². The first-order chi connectivity index (χ1) is 8.98. The molecule has 0 aliphatic carbocycles. The summed E-state index contributed by atoms with van der Waals surface area (Å²) in [6, 6.07) is 7.78. The van der Waals surface area contributed by atoms with Gasteiger partial charge in [-0.2, -0.15) is 0 Å². The van der Waals surface area contributed by atoms with E-state index in [0.29, 0.717) is 12.5 Å². The maximum absolute atomic E-state index is 10.8. The lowest BCUT2D eigenvalue weighted by atomic mass is 9.88. The average molecular weight is 263 g/mol. The second kappa shape index (κ2) is 5.93. The first-order valence-corrected chi connectivity index (χ1v) is 7.23. The Morgan fingerprint density at radius 1 is 1.26 bits per heavy atom. The van der Waals surface area contributed by atoms with Gasteiger partial charge in [0, 0.05) is 19.0 Å². The number of benzene rings is 1. The van der Waals surface area contributed by atoms with Gasteiger partial charge < -0.3 is 15.1 Å². The third-order valence-electron chi connectivity index (χ3n) is 4.13. The lowest BCUT2D eigenvalue weighted by molar-refractivity contribution is 0.0248. The molecule has 1 aromatic carbocycles. The molecule has 2 rings (SSSR count). The van der Waals surface area contributed by atoms with Crippen LogP contribution in [0.2, 0.25) is 0 Å². The van der Waals surface area contributed by atoms with Crippen LogP contribution in [0.4, 0.5) is 0 Å². The average Bonchev–Trinajstić information content (AvgIpc) is 2.51. The molecule has 1 aliphatic heterocycles. The Balaban J connectivity index is 2.02. The molecule has 0 amide bonds. The highest BCUT2D eigenvalue weighted by atomic mass is 16.3. The summed E-state index contributed by atoms with van der Waals surface area (Å²) in [6.45, 7) is 6.44. The fourth-order valence-electron chi connectivity index (χ4n) is 2.94. The topological polar surface area (TPSA) is 43.7 Å². The molecule has 1 saturated heterocycles. The largest absolute Gasteiger partial charge is 0.508 e. The summed E-state index contributed by atoms with van der Waals surface area (Å²) in [7, 11) is 0. The van der Waals surface area contributed by atoms with Crippen LogP contribution in [0.1, 0.15) is 38.7 Å². The van der Waals surface area contributed by atoms with Crippen LogP contribution in [0.5, 0.6) is 5.75 Å². The van der Waals surface area contributed by atoms with Gasteiger partial charge >= 0.3 is 0 Å². The standard InChI is InChI=1S/C16H25NO2/c1-13(2)17-9-4-7-16(19,8-10-17)12-14-5-3-6-15(18)11-14/h3,5-6,11,13,18-19H,4,7-10,12H2,1-2H3. The Kier molecular flexibility index (Phi) is 4.48. The van der Waals surface area contributed by atoms with E-state index in [1.165, 1.54) is 0 Å². The lowest BCUT2D eigenvalue weighted by Gasteiger charge is -2.28. The molecule has 1 aromatic rings. The van der Waals surface area contributed by atoms with E-state index in [9.17, 15) is 10.2 Å². The van der Waals surface area contributed by atoms with Crippen LogP contribution in [-0.2, 0) is 6.42 Å². The predicted octanol–water partition coefficient (Wildman–Crippen LogP) is 2.56. The molecular formula is C16H25NO2. The van der Waals surface area contributed by atoms with Crippen LogP contribution in [0.15, 0.2) is 24.3 Å². The first-order valence-electron chi connectivity index (χ1n) is 7.23. The normalized spacial score (nSPS) is 25.5. The molecule has 3 heteroatoms. The van der Waals surface area contributed by atoms with Crippen molar-refractivity contribution < 1.29 is 10.2 Å². The zero-order chi connectivity index (χ0) is 13.9. The molecule has 1 aliphatic rings. The van der Waals surface area contributed by atoms with E-state index < -0.39 is 5.60 Å². The Hall–Kier alpha value is -1.06. The summed E-state index contributed by atoms with van der Waals surface area (Å²) in [6.07, 6.45) is 3.31. The van der Waals surface area contributed by atoms with E-state index >= 15 is 0 Å². The van der Waals surface area contributed by atoms with Crippen LogP contribution in [0.25, 0.3) is 0 Å². The third-order valence-corrected chi connectivity index (χ3v) is 4.13. The molecular weight excluding hydrogens is 238 g/mol. The summed E-state index contributed by atoms with van der Waals surface area (Å²) >= 11 is 0. The van der Waals surface area contributed by atoms with E-state index in [2.05, 4.69) is 18.7 Å². The number of hydrogen-bond acceptors (Lipinski definition) is 3. The number of hydrogen-bond donors (Lipinski definition) is 2. The maximum Gasteiger partial charge on any atom is 0.115 e. The van der Waals surface area contributed by atoms with E-state index in [0.717, 1.165) is 37.9 Å².